The average molecular weight is 721 g/mol. The summed E-state index contributed by atoms with van der Waals surface area (Å²) in [6, 6.07) is 25.4. The minimum Gasteiger partial charge on any atom is -0.463 e. The van der Waals surface area contributed by atoms with Crippen LogP contribution in [0.15, 0.2) is 84.9 Å². The zero-order valence-electron chi connectivity index (χ0n) is 28.0. The van der Waals surface area contributed by atoms with Crippen LogP contribution < -0.4 is 0 Å². The number of ether oxygens (including phenoxy) is 5. The summed E-state index contributed by atoms with van der Waals surface area (Å²) in [5, 5.41) is 0. The Hall–Kier alpha value is -4.49. The van der Waals surface area contributed by atoms with Gasteiger partial charge in [-0.2, -0.15) is 0 Å². The fraction of sp³-hybridized carbons (Fsp3) is 0.342. The standard InChI is InChI=1S/C38H40O10S2/c1-26(30-15-17-32(49-30)36(41)28-11-5-3-6-12-28)10-9-19-44-24-34(39)46-22-23-47-35(40)25-45-20-21-48-38(43)27(2)31-16-18-33(50-31)37(42)29-13-7-4-8-14-29/h3-8,11-18,26-27H,9-10,19-25H2,1-2H3. The SMILES string of the molecule is CC(CCCOCC(=O)OCCOC(=O)COCCOC(=O)C(C)c1ccc(C(=O)c2ccccc2)s1)c1ccc(C(=O)c2ccccc2)s1. The summed E-state index contributed by atoms with van der Waals surface area (Å²) in [4.78, 5) is 64.6. The molecule has 264 valence electrons. The molecule has 0 amide bonds. The van der Waals surface area contributed by atoms with Gasteiger partial charge in [0.05, 0.1) is 22.3 Å². The van der Waals surface area contributed by atoms with Gasteiger partial charge in [-0.15, -0.1) is 22.7 Å². The van der Waals surface area contributed by atoms with E-state index < -0.39 is 23.8 Å². The molecule has 10 nitrogen and oxygen atoms in total. The Kier molecular flexibility index (Phi) is 15.5. The van der Waals surface area contributed by atoms with Crippen LogP contribution >= 0.6 is 22.7 Å². The van der Waals surface area contributed by atoms with Crippen LogP contribution in [0.3, 0.4) is 0 Å². The lowest BCUT2D eigenvalue weighted by Gasteiger charge is -2.11. The van der Waals surface area contributed by atoms with Gasteiger partial charge in [0, 0.05) is 27.5 Å². The van der Waals surface area contributed by atoms with Crippen LogP contribution in [0.2, 0.25) is 0 Å². The van der Waals surface area contributed by atoms with E-state index in [1.54, 1.807) is 43.3 Å². The highest BCUT2D eigenvalue weighted by Crippen LogP contribution is 2.30. The summed E-state index contributed by atoms with van der Waals surface area (Å²) in [5.41, 5.74) is 1.25. The first-order valence-corrected chi connectivity index (χ1v) is 17.9. The van der Waals surface area contributed by atoms with Gasteiger partial charge >= 0.3 is 17.9 Å². The summed E-state index contributed by atoms with van der Waals surface area (Å²) in [5.74, 6) is -2.09. The predicted octanol–water partition coefficient (Wildman–Crippen LogP) is 6.62. The van der Waals surface area contributed by atoms with Gasteiger partial charge in [-0.25, -0.2) is 9.59 Å². The van der Waals surface area contributed by atoms with Gasteiger partial charge in [0.15, 0.2) is 0 Å². The highest BCUT2D eigenvalue weighted by molar-refractivity contribution is 7.14. The van der Waals surface area contributed by atoms with Crippen molar-refractivity contribution >= 4 is 52.1 Å². The van der Waals surface area contributed by atoms with Crippen LogP contribution in [0.25, 0.3) is 0 Å². The minimum absolute atomic E-state index is 0.0108. The molecule has 2 atom stereocenters. The topological polar surface area (TPSA) is 132 Å². The molecular weight excluding hydrogens is 681 g/mol. The van der Waals surface area contributed by atoms with E-state index in [1.165, 1.54) is 22.7 Å². The summed E-state index contributed by atoms with van der Waals surface area (Å²) < 4.78 is 25.9. The predicted molar refractivity (Wildman–Crippen MR) is 189 cm³/mol. The van der Waals surface area contributed by atoms with Gasteiger partial charge in [-0.05, 0) is 49.9 Å². The van der Waals surface area contributed by atoms with E-state index in [1.807, 2.05) is 48.5 Å². The van der Waals surface area contributed by atoms with E-state index in [9.17, 15) is 24.0 Å². The fourth-order valence-corrected chi connectivity index (χ4v) is 6.76. The maximum atomic E-state index is 12.6. The molecule has 0 saturated carbocycles. The highest BCUT2D eigenvalue weighted by Gasteiger charge is 2.21. The monoisotopic (exact) mass is 720 g/mol. The highest BCUT2D eigenvalue weighted by atomic mass is 32.1. The zero-order valence-corrected chi connectivity index (χ0v) is 29.6. The van der Waals surface area contributed by atoms with E-state index in [-0.39, 0.29) is 57.1 Å². The zero-order chi connectivity index (χ0) is 35.7. The summed E-state index contributed by atoms with van der Waals surface area (Å²) in [6.45, 7) is 3.29. The number of carbonyl (C=O) groups excluding carboxylic acids is 5. The number of ketones is 2. The van der Waals surface area contributed by atoms with Crippen LogP contribution in [0, 0.1) is 0 Å². The van der Waals surface area contributed by atoms with Crippen LogP contribution in [0.4, 0.5) is 0 Å². The van der Waals surface area contributed by atoms with Crippen molar-refractivity contribution in [2.24, 2.45) is 0 Å². The van der Waals surface area contributed by atoms with Crippen molar-refractivity contribution in [3.63, 3.8) is 0 Å². The van der Waals surface area contributed by atoms with E-state index in [4.69, 9.17) is 23.7 Å². The summed E-state index contributed by atoms with van der Waals surface area (Å²) in [7, 11) is 0. The molecule has 0 aliphatic rings. The van der Waals surface area contributed by atoms with E-state index in [0.29, 0.717) is 32.4 Å². The van der Waals surface area contributed by atoms with E-state index in [2.05, 4.69) is 6.92 Å². The molecule has 12 heteroatoms. The molecule has 2 unspecified atom stereocenters. The molecule has 4 rings (SSSR count). The minimum atomic E-state index is -0.650. The third-order valence-electron chi connectivity index (χ3n) is 7.49. The second-order valence-corrected chi connectivity index (χ2v) is 13.5. The number of carbonyl (C=O) groups is 5. The van der Waals surface area contributed by atoms with Crippen molar-refractivity contribution in [1.82, 2.24) is 0 Å². The van der Waals surface area contributed by atoms with Crippen LogP contribution in [0.5, 0.6) is 0 Å². The van der Waals surface area contributed by atoms with Crippen molar-refractivity contribution in [3.05, 3.63) is 116 Å². The maximum absolute atomic E-state index is 12.6. The molecule has 2 aromatic heterocycles. The molecule has 0 aliphatic heterocycles. The molecule has 0 N–H and O–H groups in total. The van der Waals surface area contributed by atoms with Gasteiger partial charge < -0.3 is 23.7 Å². The Balaban J connectivity index is 0.982. The number of hydrogen-bond donors (Lipinski definition) is 0. The average Bonchev–Trinajstić information content (AvgIpc) is 3.84. The van der Waals surface area contributed by atoms with Gasteiger partial charge in [0.25, 0.3) is 0 Å². The molecule has 4 aromatic rings. The van der Waals surface area contributed by atoms with Gasteiger partial charge in [0.2, 0.25) is 11.6 Å². The van der Waals surface area contributed by atoms with Gasteiger partial charge in [0.1, 0.15) is 33.0 Å². The van der Waals surface area contributed by atoms with Crippen LogP contribution in [-0.2, 0) is 38.1 Å². The first kappa shape index (κ1) is 38.3. The molecule has 0 spiro atoms. The van der Waals surface area contributed by atoms with Gasteiger partial charge in [-0.3, -0.25) is 14.4 Å². The number of benzene rings is 2. The van der Waals surface area contributed by atoms with Crippen molar-refractivity contribution < 1.29 is 47.7 Å². The fourth-order valence-electron chi connectivity index (χ4n) is 4.69. The lowest BCUT2D eigenvalue weighted by Crippen LogP contribution is -2.21. The molecule has 0 fully saturated rings. The molecule has 0 saturated heterocycles. The smallest absolute Gasteiger partial charge is 0.332 e. The molecule has 0 bridgehead atoms. The molecular formula is C38H40O10S2. The Morgan fingerprint density at radius 2 is 1.04 bits per heavy atom. The number of hydrogen-bond acceptors (Lipinski definition) is 12. The lowest BCUT2D eigenvalue weighted by molar-refractivity contribution is -0.158. The molecule has 0 radical (unpaired) electrons. The molecule has 2 aromatic carbocycles. The van der Waals surface area contributed by atoms with Crippen LogP contribution in [0.1, 0.15) is 78.7 Å². The Morgan fingerprint density at radius 3 is 1.60 bits per heavy atom. The number of thiophene rings is 2. The van der Waals surface area contributed by atoms with Crippen molar-refractivity contribution in [1.29, 1.82) is 0 Å². The summed E-state index contributed by atoms with van der Waals surface area (Å²) in [6.07, 6.45) is 1.57. The molecule has 50 heavy (non-hydrogen) atoms. The third kappa shape index (κ3) is 12.1. The lowest BCUT2D eigenvalue weighted by atomic mass is 10.0. The first-order valence-electron chi connectivity index (χ1n) is 16.2. The Bertz CT molecular complexity index is 1700. The van der Waals surface area contributed by atoms with E-state index >= 15 is 0 Å². The number of rotatable bonds is 21. The third-order valence-corrected chi connectivity index (χ3v) is 10.1. The Morgan fingerprint density at radius 1 is 0.560 bits per heavy atom. The normalized spacial score (nSPS) is 12.1. The maximum Gasteiger partial charge on any atom is 0.332 e. The second-order valence-electron chi connectivity index (χ2n) is 11.3. The largest absolute Gasteiger partial charge is 0.463 e. The molecule has 0 aliphatic carbocycles. The van der Waals surface area contributed by atoms with Crippen LogP contribution in [-0.4, -0.2) is 75.7 Å². The second kappa shape index (κ2) is 20.2. The molecule has 2 heterocycles. The Labute approximate surface area is 299 Å². The quantitative estimate of drug-likeness (QED) is 0.0401. The van der Waals surface area contributed by atoms with Crippen molar-refractivity contribution in [2.75, 3.05) is 46.2 Å². The number of esters is 3. The van der Waals surface area contributed by atoms with Crippen molar-refractivity contribution in [3.8, 4) is 0 Å². The summed E-state index contributed by atoms with van der Waals surface area (Å²) >= 11 is 2.75. The van der Waals surface area contributed by atoms with E-state index in [0.717, 1.165) is 17.7 Å². The van der Waals surface area contributed by atoms with Crippen molar-refractivity contribution in [2.45, 2.75) is 38.5 Å². The first-order chi connectivity index (χ1) is 24.2. The van der Waals surface area contributed by atoms with Gasteiger partial charge in [-0.1, -0.05) is 67.6 Å².